The maximum absolute atomic E-state index is 2.44. The molecule has 0 heterocycles. The molecule has 1 aliphatic carbocycles. The highest BCUT2D eigenvalue weighted by atomic mass is 15.1. The average molecular weight is 778 g/mol. The van der Waals surface area contributed by atoms with Gasteiger partial charge in [-0.05, 0) is 125 Å². The van der Waals surface area contributed by atoms with Crippen LogP contribution in [0.3, 0.4) is 0 Å². The molecule has 0 bridgehead atoms. The van der Waals surface area contributed by atoms with Crippen LogP contribution in [0.15, 0.2) is 243 Å². The number of rotatable bonds is 8. The smallest absolute Gasteiger partial charge is 0.0468 e. The first-order valence-corrected chi connectivity index (χ1v) is 21.3. The maximum atomic E-state index is 2.44. The topological polar surface area (TPSA) is 3.24 Å². The second-order valence-corrected chi connectivity index (χ2v) is 16.0. The van der Waals surface area contributed by atoms with Crippen LogP contribution in [0.25, 0.3) is 54.9 Å². The lowest BCUT2D eigenvalue weighted by atomic mass is 9.74. The number of hydrogen-bond acceptors (Lipinski definition) is 1. The molecule has 0 amide bonds. The minimum absolute atomic E-state index is 0.160. The van der Waals surface area contributed by atoms with Crippen molar-refractivity contribution in [1.29, 1.82) is 0 Å². The maximum Gasteiger partial charge on any atom is 0.0468 e. The van der Waals surface area contributed by atoms with Gasteiger partial charge in [0, 0.05) is 23.0 Å². The molecule has 10 aromatic carbocycles. The number of nitrogens with zero attached hydrogens (tertiary/aromatic N) is 1. The van der Waals surface area contributed by atoms with Gasteiger partial charge in [0.25, 0.3) is 0 Å². The molecule has 1 nitrogen and oxygen atoms in total. The van der Waals surface area contributed by atoms with E-state index < -0.39 is 0 Å². The summed E-state index contributed by atoms with van der Waals surface area (Å²) in [5, 5.41) is 7.72. The normalized spacial score (nSPS) is 13.6. The summed E-state index contributed by atoms with van der Waals surface area (Å²) in [7, 11) is 0. The zero-order chi connectivity index (χ0) is 40.5. The molecule has 0 saturated carbocycles. The van der Waals surface area contributed by atoms with E-state index in [0.29, 0.717) is 0 Å². The van der Waals surface area contributed by atoms with Crippen LogP contribution < -0.4 is 15.3 Å². The third kappa shape index (κ3) is 6.71. The summed E-state index contributed by atoms with van der Waals surface area (Å²) in [6.07, 6.45) is 0.905. The summed E-state index contributed by atoms with van der Waals surface area (Å²) >= 11 is 0. The molecule has 0 saturated heterocycles. The summed E-state index contributed by atoms with van der Waals surface area (Å²) in [6, 6.07) is 88.9. The Morgan fingerprint density at radius 3 is 1.31 bits per heavy atom. The molecule has 0 aromatic heterocycles. The summed E-state index contributed by atoms with van der Waals surface area (Å²) in [6.45, 7) is 0. The largest absolute Gasteiger partial charge is 0.310 e. The lowest BCUT2D eigenvalue weighted by molar-refractivity contribution is 0.876. The van der Waals surface area contributed by atoms with Gasteiger partial charge in [-0.15, -0.1) is 0 Å². The van der Waals surface area contributed by atoms with Gasteiger partial charge in [-0.1, -0.05) is 206 Å². The van der Waals surface area contributed by atoms with E-state index in [0.717, 1.165) is 23.5 Å². The van der Waals surface area contributed by atoms with E-state index >= 15 is 0 Å². The third-order valence-corrected chi connectivity index (χ3v) is 12.4. The Balaban J connectivity index is 1.24. The van der Waals surface area contributed by atoms with Gasteiger partial charge in [-0.25, -0.2) is 0 Å². The van der Waals surface area contributed by atoms with E-state index in [9.17, 15) is 0 Å². The van der Waals surface area contributed by atoms with Gasteiger partial charge >= 0.3 is 0 Å². The van der Waals surface area contributed by atoms with Crippen molar-refractivity contribution >= 4 is 49.8 Å². The Bertz CT molecular complexity index is 3220. The fraction of sp³-hybridized carbons (Fsp3) is 0.0333. The van der Waals surface area contributed by atoms with Crippen LogP contribution in [-0.2, 0) is 0 Å². The molecule has 1 aliphatic rings. The van der Waals surface area contributed by atoms with E-state index in [1.165, 1.54) is 82.1 Å². The van der Waals surface area contributed by atoms with Gasteiger partial charge in [0.1, 0.15) is 0 Å². The summed E-state index contributed by atoms with van der Waals surface area (Å²) < 4.78 is 0. The molecule has 61 heavy (non-hydrogen) atoms. The average Bonchev–Trinajstić information content (AvgIpc) is 3.35. The van der Waals surface area contributed by atoms with Crippen LogP contribution in [-0.4, -0.2) is 0 Å². The molecule has 288 valence electrons. The van der Waals surface area contributed by atoms with Gasteiger partial charge in [-0.2, -0.15) is 0 Å². The van der Waals surface area contributed by atoms with Gasteiger partial charge in [0.2, 0.25) is 0 Å². The summed E-state index contributed by atoms with van der Waals surface area (Å²) in [5.74, 6) is 0.160. The van der Waals surface area contributed by atoms with Crippen LogP contribution in [0.4, 0.5) is 17.1 Å². The number of benzene rings is 10. The highest BCUT2D eigenvalue weighted by Gasteiger charge is 2.28. The van der Waals surface area contributed by atoms with E-state index in [2.05, 4.69) is 248 Å². The Labute approximate surface area is 357 Å². The number of anilines is 3. The van der Waals surface area contributed by atoms with Crippen molar-refractivity contribution in [2.75, 3.05) is 4.90 Å². The molecular formula is C60H43N. The standard InChI is InChI=1S/C60H43N/c1-6-20-42(21-7-1)47-30-18-32-49(38-47)61(50-33-19-31-48(39-50)43-22-8-2-9-23-43)51-36-37-54-57(40-51)52-34-16-17-35-53(52)59-56(45-26-12-4-13-27-45)41-55(44-24-10-3-11-25-44)58(60(54)59)46-28-14-5-15-29-46/h1-40,55H,41H2. The second-order valence-electron chi connectivity index (χ2n) is 16.0. The Kier molecular flexibility index (Phi) is 9.41. The predicted molar refractivity (Wildman–Crippen MR) is 258 cm³/mol. The first kappa shape index (κ1) is 36.3. The lowest BCUT2D eigenvalue weighted by Crippen LogP contribution is -2.37. The number of fused-ring (bicyclic) bond motifs is 6. The fourth-order valence-electron chi connectivity index (χ4n) is 9.69. The SMILES string of the molecule is c1ccc(C2=c3c(c4ccc(N(c5cccc(-c6ccccc6)c5)c5cccc(-c6ccccc6)c5)cc4c4ccccc34)=C(c3ccccc3)C(c3ccccc3)C2)cc1. The van der Waals surface area contributed by atoms with Crippen LogP contribution in [0.5, 0.6) is 0 Å². The van der Waals surface area contributed by atoms with Gasteiger partial charge < -0.3 is 4.90 Å². The molecular weight excluding hydrogens is 735 g/mol. The molecule has 10 aromatic rings. The molecule has 1 heteroatoms. The van der Waals surface area contributed by atoms with Crippen LogP contribution in [0.1, 0.15) is 29.0 Å². The molecule has 0 spiro atoms. The molecule has 0 N–H and O–H groups in total. The Hall–Kier alpha value is -7.74. The molecule has 1 unspecified atom stereocenters. The minimum Gasteiger partial charge on any atom is -0.310 e. The first-order chi connectivity index (χ1) is 30.3. The van der Waals surface area contributed by atoms with Crippen molar-refractivity contribution in [3.63, 3.8) is 0 Å². The fourth-order valence-corrected chi connectivity index (χ4v) is 9.69. The monoisotopic (exact) mass is 777 g/mol. The first-order valence-electron chi connectivity index (χ1n) is 21.3. The van der Waals surface area contributed by atoms with E-state index in [4.69, 9.17) is 0 Å². The number of hydrogen-bond donors (Lipinski definition) is 0. The van der Waals surface area contributed by atoms with Gasteiger partial charge in [0.15, 0.2) is 0 Å². The minimum atomic E-state index is 0.160. The molecule has 0 aliphatic heterocycles. The predicted octanol–water partition coefficient (Wildman–Crippen LogP) is 14.4. The van der Waals surface area contributed by atoms with Crippen molar-refractivity contribution in [3.05, 3.63) is 270 Å². The molecule has 0 radical (unpaired) electrons. The summed E-state index contributed by atoms with van der Waals surface area (Å²) in [5.41, 5.74) is 14.7. The van der Waals surface area contributed by atoms with E-state index in [-0.39, 0.29) is 5.92 Å². The van der Waals surface area contributed by atoms with E-state index in [1.54, 1.807) is 0 Å². The second kappa shape index (κ2) is 15.8. The van der Waals surface area contributed by atoms with Gasteiger partial charge in [-0.3, -0.25) is 0 Å². The molecule has 11 rings (SSSR count). The quantitative estimate of drug-likeness (QED) is 0.139. The van der Waals surface area contributed by atoms with Crippen LogP contribution >= 0.6 is 0 Å². The third-order valence-electron chi connectivity index (χ3n) is 12.4. The lowest BCUT2D eigenvalue weighted by Gasteiger charge is -2.30. The van der Waals surface area contributed by atoms with Crippen LogP contribution in [0, 0.1) is 0 Å². The van der Waals surface area contributed by atoms with Crippen molar-refractivity contribution < 1.29 is 0 Å². The zero-order valence-corrected chi connectivity index (χ0v) is 33.8. The van der Waals surface area contributed by atoms with Crippen molar-refractivity contribution in [2.24, 2.45) is 0 Å². The highest BCUT2D eigenvalue weighted by molar-refractivity contribution is 6.11. The van der Waals surface area contributed by atoms with Crippen molar-refractivity contribution in [3.8, 4) is 22.3 Å². The molecule has 1 atom stereocenters. The van der Waals surface area contributed by atoms with Crippen molar-refractivity contribution in [2.45, 2.75) is 12.3 Å². The zero-order valence-electron chi connectivity index (χ0n) is 33.8. The van der Waals surface area contributed by atoms with Crippen LogP contribution in [0.2, 0.25) is 0 Å². The highest BCUT2D eigenvalue weighted by Crippen LogP contribution is 2.43. The molecule has 0 fully saturated rings. The van der Waals surface area contributed by atoms with Gasteiger partial charge in [0.05, 0.1) is 0 Å². The van der Waals surface area contributed by atoms with Crippen molar-refractivity contribution in [1.82, 2.24) is 0 Å². The Morgan fingerprint density at radius 2 is 0.738 bits per heavy atom. The Morgan fingerprint density at radius 1 is 0.295 bits per heavy atom. The van der Waals surface area contributed by atoms with E-state index in [1.807, 2.05) is 0 Å². The summed E-state index contributed by atoms with van der Waals surface area (Å²) in [4.78, 5) is 2.43.